The van der Waals surface area contributed by atoms with E-state index in [9.17, 15) is 4.79 Å². The number of carbonyl (C=O) groups excluding carboxylic acids is 1. The molecule has 29 heavy (non-hydrogen) atoms. The number of carbonyl (C=O) groups is 1. The Balaban J connectivity index is 1.47. The molecule has 0 aliphatic carbocycles. The van der Waals surface area contributed by atoms with E-state index in [1.165, 1.54) is 0 Å². The van der Waals surface area contributed by atoms with Gasteiger partial charge in [-0.1, -0.05) is 0 Å². The summed E-state index contributed by atoms with van der Waals surface area (Å²) in [4.78, 5) is 21.2. The third kappa shape index (κ3) is 4.31. The lowest BCUT2D eigenvalue weighted by Crippen LogP contribution is -2.21. The van der Waals surface area contributed by atoms with E-state index < -0.39 is 0 Å². The number of hydrogen-bond donors (Lipinski definition) is 1. The Hall–Kier alpha value is -2.75. The maximum Gasteiger partial charge on any atom is 0.262 e. The first-order valence-electron chi connectivity index (χ1n) is 8.92. The Labute approximate surface area is 175 Å². The molecule has 1 N–H and O–H groups in total. The normalized spacial score (nSPS) is 11.1. The van der Waals surface area contributed by atoms with E-state index in [1.807, 2.05) is 24.4 Å². The Morgan fingerprint density at radius 3 is 3.00 bits per heavy atom. The molecule has 0 saturated heterocycles. The van der Waals surface area contributed by atoms with Crippen LogP contribution in [0.3, 0.4) is 0 Å². The number of methoxy groups -OCH3 is 1. The van der Waals surface area contributed by atoms with Crippen LogP contribution in [0.25, 0.3) is 20.3 Å². The van der Waals surface area contributed by atoms with E-state index >= 15 is 0 Å². The van der Waals surface area contributed by atoms with Gasteiger partial charge in [-0.15, -0.1) is 22.7 Å². The van der Waals surface area contributed by atoms with Crippen molar-refractivity contribution in [2.24, 2.45) is 0 Å². The second kappa shape index (κ2) is 8.73. The molecule has 0 unspecified atom stereocenters. The van der Waals surface area contributed by atoms with Crippen molar-refractivity contribution in [2.45, 2.75) is 6.92 Å². The molecule has 0 fully saturated rings. The molecular formula is C20H19N3O4S2. The predicted octanol–water partition coefficient (Wildman–Crippen LogP) is 4.26. The quantitative estimate of drug-likeness (QED) is 0.422. The number of benzene rings is 1. The van der Waals surface area contributed by atoms with Crippen LogP contribution in [0.5, 0.6) is 11.6 Å². The van der Waals surface area contributed by atoms with Gasteiger partial charge in [-0.2, -0.15) is 0 Å². The van der Waals surface area contributed by atoms with Gasteiger partial charge in [0.2, 0.25) is 5.88 Å². The van der Waals surface area contributed by atoms with Gasteiger partial charge < -0.3 is 19.5 Å². The van der Waals surface area contributed by atoms with Crippen molar-refractivity contribution in [1.82, 2.24) is 9.97 Å². The fraction of sp³-hybridized carbons (Fsp3) is 0.250. The van der Waals surface area contributed by atoms with Gasteiger partial charge in [-0.05, 0) is 30.5 Å². The van der Waals surface area contributed by atoms with Gasteiger partial charge in [0.05, 0.1) is 26.5 Å². The Bertz CT molecular complexity index is 1160. The summed E-state index contributed by atoms with van der Waals surface area (Å²) in [6, 6.07) is 7.40. The van der Waals surface area contributed by atoms with Gasteiger partial charge in [0.1, 0.15) is 18.0 Å². The molecule has 9 heteroatoms. The van der Waals surface area contributed by atoms with Crippen molar-refractivity contribution in [3.8, 4) is 11.6 Å². The molecule has 150 valence electrons. The van der Waals surface area contributed by atoms with E-state index in [1.54, 1.807) is 48.1 Å². The van der Waals surface area contributed by atoms with Crippen molar-refractivity contribution in [2.75, 3.05) is 32.2 Å². The molecule has 1 amide bonds. The monoisotopic (exact) mass is 429 g/mol. The van der Waals surface area contributed by atoms with E-state index in [4.69, 9.17) is 14.2 Å². The summed E-state index contributed by atoms with van der Waals surface area (Å²) in [5.74, 6) is 0.730. The van der Waals surface area contributed by atoms with E-state index in [2.05, 4.69) is 15.3 Å². The first kappa shape index (κ1) is 19.6. The van der Waals surface area contributed by atoms with Crippen LogP contribution in [0.4, 0.5) is 5.69 Å². The molecular weight excluding hydrogens is 410 g/mol. The molecule has 4 rings (SSSR count). The standard InChI is InChI=1S/C20H19N3O4S2/c1-12-22-18-16(29-12)10-15(13-5-9-28-19(13)18)27-11-17(24)23-14-4-3-6-21-20(14)26-8-7-25-2/h3-6,9-10H,7-8,11H2,1-2H3,(H,23,24). The summed E-state index contributed by atoms with van der Waals surface area (Å²) in [6.45, 7) is 2.64. The highest BCUT2D eigenvalue weighted by Gasteiger charge is 2.15. The molecule has 7 nitrogen and oxygen atoms in total. The van der Waals surface area contributed by atoms with Gasteiger partial charge >= 0.3 is 0 Å². The number of amides is 1. The summed E-state index contributed by atoms with van der Waals surface area (Å²) in [5, 5.41) is 6.76. The SMILES string of the molecule is COCCOc1ncccc1NC(=O)COc1cc2sc(C)nc2c2sccc12. The fourth-order valence-corrected chi connectivity index (χ4v) is 4.69. The molecule has 0 saturated carbocycles. The number of fused-ring (bicyclic) bond motifs is 3. The minimum atomic E-state index is -0.293. The average molecular weight is 430 g/mol. The Kier molecular flexibility index (Phi) is 5.89. The van der Waals surface area contributed by atoms with Crippen LogP contribution in [0.1, 0.15) is 5.01 Å². The molecule has 4 aromatic rings. The Morgan fingerprint density at radius 1 is 1.24 bits per heavy atom. The van der Waals surface area contributed by atoms with E-state index in [-0.39, 0.29) is 12.5 Å². The zero-order valence-electron chi connectivity index (χ0n) is 15.9. The predicted molar refractivity (Wildman–Crippen MR) is 115 cm³/mol. The molecule has 0 aliphatic heterocycles. The number of pyridine rings is 1. The molecule has 1 aromatic carbocycles. The summed E-state index contributed by atoms with van der Waals surface area (Å²) in [7, 11) is 1.59. The third-order valence-corrected chi connectivity index (χ3v) is 5.94. The van der Waals surface area contributed by atoms with Crippen LogP contribution < -0.4 is 14.8 Å². The number of aromatic nitrogens is 2. The second-order valence-corrected chi connectivity index (χ2v) is 8.30. The summed E-state index contributed by atoms with van der Waals surface area (Å²) in [6.07, 6.45) is 1.61. The largest absolute Gasteiger partial charge is 0.483 e. The number of aryl methyl sites for hydroxylation is 1. The smallest absolute Gasteiger partial charge is 0.262 e. The summed E-state index contributed by atoms with van der Waals surface area (Å²) in [5.41, 5.74) is 1.48. The molecule has 3 aromatic heterocycles. The average Bonchev–Trinajstić information content (AvgIpc) is 3.33. The highest BCUT2D eigenvalue weighted by atomic mass is 32.1. The van der Waals surface area contributed by atoms with Gasteiger partial charge in [-0.3, -0.25) is 4.79 Å². The van der Waals surface area contributed by atoms with Crippen LogP contribution in [-0.4, -0.2) is 42.8 Å². The second-order valence-electron chi connectivity index (χ2n) is 6.15. The highest BCUT2D eigenvalue weighted by molar-refractivity contribution is 7.21. The van der Waals surface area contributed by atoms with E-state index in [0.717, 1.165) is 25.3 Å². The maximum atomic E-state index is 12.5. The molecule has 0 atom stereocenters. The zero-order valence-corrected chi connectivity index (χ0v) is 17.6. The highest BCUT2D eigenvalue weighted by Crippen LogP contribution is 2.38. The lowest BCUT2D eigenvalue weighted by molar-refractivity contribution is -0.118. The summed E-state index contributed by atoms with van der Waals surface area (Å²) >= 11 is 3.23. The van der Waals surface area contributed by atoms with Crippen molar-refractivity contribution in [3.05, 3.63) is 40.8 Å². The van der Waals surface area contributed by atoms with Crippen LogP contribution in [0, 0.1) is 6.92 Å². The van der Waals surface area contributed by atoms with Crippen molar-refractivity contribution < 1.29 is 19.0 Å². The number of rotatable bonds is 8. The zero-order chi connectivity index (χ0) is 20.2. The first-order chi connectivity index (χ1) is 14.2. The summed E-state index contributed by atoms with van der Waals surface area (Å²) < 4.78 is 18.5. The Morgan fingerprint density at radius 2 is 2.14 bits per heavy atom. The molecule has 3 heterocycles. The van der Waals surface area contributed by atoms with Gasteiger partial charge in [0, 0.05) is 24.8 Å². The molecule has 0 aliphatic rings. The van der Waals surface area contributed by atoms with Crippen LogP contribution >= 0.6 is 22.7 Å². The van der Waals surface area contributed by atoms with E-state index in [0.29, 0.717) is 30.5 Å². The molecule has 0 spiro atoms. The maximum absolute atomic E-state index is 12.5. The number of thiazole rings is 1. The first-order valence-corrected chi connectivity index (χ1v) is 10.6. The van der Waals surface area contributed by atoms with Gasteiger partial charge in [0.25, 0.3) is 5.91 Å². The number of nitrogens with zero attached hydrogens (tertiary/aromatic N) is 2. The van der Waals surface area contributed by atoms with Crippen LogP contribution in [-0.2, 0) is 9.53 Å². The van der Waals surface area contributed by atoms with Crippen molar-refractivity contribution in [1.29, 1.82) is 0 Å². The fourth-order valence-electron chi connectivity index (χ4n) is 2.86. The minimum Gasteiger partial charge on any atom is -0.483 e. The van der Waals surface area contributed by atoms with Crippen LogP contribution in [0.15, 0.2) is 35.8 Å². The lowest BCUT2D eigenvalue weighted by atomic mass is 10.2. The van der Waals surface area contributed by atoms with Gasteiger partial charge in [0.15, 0.2) is 6.61 Å². The third-order valence-electron chi connectivity index (χ3n) is 4.10. The number of hydrogen-bond acceptors (Lipinski definition) is 8. The molecule has 0 bridgehead atoms. The number of ether oxygens (including phenoxy) is 3. The number of anilines is 1. The number of thiophene rings is 1. The van der Waals surface area contributed by atoms with Crippen LogP contribution in [0.2, 0.25) is 0 Å². The molecule has 0 radical (unpaired) electrons. The number of nitrogens with one attached hydrogen (secondary N) is 1. The minimum absolute atomic E-state index is 0.124. The van der Waals surface area contributed by atoms with Gasteiger partial charge in [-0.25, -0.2) is 9.97 Å². The van der Waals surface area contributed by atoms with Crippen molar-refractivity contribution >= 4 is 54.6 Å². The van der Waals surface area contributed by atoms with Crippen molar-refractivity contribution in [3.63, 3.8) is 0 Å². The topological polar surface area (TPSA) is 82.6 Å². The lowest BCUT2D eigenvalue weighted by Gasteiger charge is -2.12.